The van der Waals surface area contributed by atoms with Gasteiger partial charge < -0.3 is 14.7 Å². The SMILES string of the molecule is CC(=O)N1CCN(C2CCC3NCN(CC(=O)N4CCC[C@@H]4c4ccc(C)cc4)C(=O)C3C2)CC1. The summed E-state index contributed by atoms with van der Waals surface area (Å²) in [6.07, 6.45) is 4.87. The van der Waals surface area contributed by atoms with E-state index in [0.717, 1.165) is 64.8 Å². The third kappa shape index (κ3) is 5.09. The molecule has 3 heterocycles. The third-order valence-electron chi connectivity index (χ3n) is 8.63. The fraction of sp³-hybridized carbons (Fsp3) is 0.667. The van der Waals surface area contributed by atoms with Gasteiger partial charge in [0.2, 0.25) is 17.7 Å². The number of hydrogen-bond donors (Lipinski definition) is 1. The summed E-state index contributed by atoms with van der Waals surface area (Å²) in [5.41, 5.74) is 2.40. The number of carbonyl (C=O) groups excluding carboxylic acids is 3. The summed E-state index contributed by atoms with van der Waals surface area (Å²) in [6, 6.07) is 9.15. The van der Waals surface area contributed by atoms with E-state index in [1.54, 1.807) is 11.8 Å². The molecule has 1 aromatic carbocycles. The molecule has 0 radical (unpaired) electrons. The molecule has 0 spiro atoms. The predicted molar refractivity (Wildman–Crippen MR) is 133 cm³/mol. The maximum Gasteiger partial charge on any atom is 0.242 e. The Morgan fingerprint density at radius 1 is 1.00 bits per heavy atom. The molecule has 3 amide bonds. The van der Waals surface area contributed by atoms with Gasteiger partial charge in [-0.2, -0.15) is 0 Å². The Morgan fingerprint density at radius 2 is 1.74 bits per heavy atom. The zero-order valence-corrected chi connectivity index (χ0v) is 21.1. The zero-order valence-electron chi connectivity index (χ0n) is 21.1. The molecule has 3 unspecified atom stereocenters. The molecule has 0 aromatic heterocycles. The Labute approximate surface area is 208 Å². The van der Waals surface area contributed by atoms with Crippen molar-refractivity contribution in [3.63, 3.8) is 0 Å². The standard InChI is InChI=1S/C27H39N5O3/c1-19-5-7-21(8-6-19)25-4-3-11-32(25)26(34)17-31-18-28-24-10-9-22(16-23(24)27(31)35)30-14-12-29(13-15-30)20(2)33/h5-8,22-25,28H,3-4,9-18H2,1-2H3/t22?,23?,24?,25-/m1/s1. The fourth-order valence-electron chi connectivity index (χ4n) is 6.53. The van der Waals surface area contributed by atoms with Crippen LogP contribution in [0.5, 0.6) is 0 Å². The van der Waals surface area contributed by atoms with Crippen molar-refractivity contribution >= 4 is 17.7 Å². The van der Waals surface area contributed by atoms with Crippen molar-refractivity contribution in [3.05, 3.63) is 35.4 Å². The van der Waals surface area contributed by atoms with Gasteiger partial charge >= 0.3 is 0 Å². The number of fused-ring (bicyclic) bond motifs is 1. The van der Waals surface area contributed by atoms with Crippen LogP contribution in [0.25, 0.3) is 0 Å². The van der Waals surface area contributed by atoms with Crippen molar-refractivity contribution in [1.29, 1.82) is 0 Å². The second-order valence-electron chi connectivity index (χ2n) is 10.8. The number of piperazine rings is 1. The number of carbonyl (C=O) groups is 3. The van der Waals surface area contributed by atoms with E-state index in [0.29, 0.717) is 12.7 Å². The van der Waals surface area contributed by atoms with E-state index in [-0.39, 0.29) is 42.3 Å². The minimum Gasteiger partial charge on any atom is -0.340 e. The van der Waals surface area contributed by atoms with E-state index >= 15 is 0 Å². The minimum absolute atomic E-state index is 0.0504. The van der Waals surface area contributed by atoms with Crippen LogP contribution in [0.2, 0.25) is 0 Å². The van der Waals surface area contributed by atoms with E-state index in [2.05, 4.69) is 41.4 Å². The molecule has 190 valence electrons. The summed E-state index contributed by atoms with van der Waals surface area (Å²) in [6.45, 7) is 8.36. The number of hydrogen-bond acceptors (Lipinski definition) is 5. The molecule has 1 N–H and O–H groups in total. The van der Waals surface area contributed by atoms with Gasteiger partial charge in [-0.05, 0) is 44.6 Å². The first-order valence-electron chi connectivity index (χ1n) is 13.3. The number of benzene rings is 1. The van der Waals surface area contributed by atoms with Gasteiger partial charge in [-0.1, -0.05) is 29.8 Å². The summed E-state index contributed by atoms with van der Waals surface area (Å²) < 4.78 is 0. The average Bonchev–Trinajstić information content (AvgIpc) is 3.36. The molecule has 8 nitrogen and oxygen atoms in total. The molecular weight excluding hydrogens is 442 g/mol. The Bertz CT molecular complexity index is 943. The lowest BCUT2D eigenvalue weighted by molar-refractivity contribution is -0.149. The van der Waals surface area contributed by atoms with E-state index in [1.807, 2.05) is 9.80 Å². The van der Waals surface area contributed by atoms with E-state index in [1.165, 1.54) is 11.1 Å². The highest BCUT2D eigenvalue weighted by Gasteiger charge is 2.43. The van der Waals surface area contributed by atoms with Gasteiger partial charge in [-0.15, -0.1) is 0 Å². The summed E-state index contributed by atoms with van der Waals surface area (Å²) in [7, 11) is 0. The maximum atomic E-state index is 13.5. The fourth-order valence-corrected chi connectivity index (χ4v) is 6.53. The van der Waals surface area contributed by atoms with Gasteiger partial charge in [-0.3, -0.25) is 24.6 Å². The first-order chi connectivity index (χ1) is 16.9. The smallest absolute Gasteiger partial charge is 0.242 e. The van der Waals surface area contributed by atoms with Gasteiger partial charge in [0.1, 0.15) is 6.54 Å². The van der Waals surface area contributed by atoms with E-state index in [4.69, 9.17) is 0 Å². The number of rotatable bonds is 4. The molecule has 3 saturated heterocycles. The van der Waals surface area contributed by atoms with Crippen LogP contribution in [0.3, 0.4) is 0 Å². The molecule has 0 bridgehead atoms. The summed E-state index contributed by atoms with van der Waals surface area (Å²) in [5.74, 6) is 0.241. The Balaban J connectivity index is 1.19. The van der Waals surface area contributed by atoms with Crippen LogP contribution >= 0.6 is 0 Å². The van der Waals surface area contributed by atoms with Crippen LogP contribution in [-0.2, 0) is 14.4 Å². The minimum atomic E-state index is -0.0763. The van der Waals surface area contributed by atoms with Crippen LogP contribution in [0, 0.1) is 12.8 Å². The van der Waals surface area contributed by atoms with Crippen LogP contribution < -0.4 is 5.32 Å². The maximum absolute atomic E-state index is 13.5. The van der Waals surface area contributed by atoms with Crippen LogP contribution in [0.4, 0.5) is 0 Å². The highest BCUT2D eigenvalue weighted by molar-refractivity contribution is 5.87. The number of aryl methyl sites for hydroxylation is 1. The molecule has 3 aliphatic heterocycles. The second-order valence-corrected chi connectivity index (χ2v) is 10.8. The molecule has 35 heavy (non-hydrogen) atoms. The second kappa shape index (κ2) is 10.3. The number of amides is 3. The van der Waals surface area contributed by atoms with Crippen LogP contribution in [-0.4, -0.2) is 95.3 Å². The van der Waals surface area contributed by atoms with Crippen molar-refractivity contribution in [1.82, 2.24) is 24.9 Å². The van der Waals surface area contributed by atoms with Crippen molar-refractivity contribution in [2.75, 3.05) is 45.9 Å². The topological polar surface area (TPSA) is 76.2 Å². The van der Waals surface area contributed by atoms with Crippen molar-refractivity contribution in [3.8, 4) is 0 Å². The lowest BCUT2D eigenvalue weighted by atomic mass is 9.79. The van der Waals surface area contributed by atoms with Crippen LogP contribution in [0.15, 0.2) is 24.3 Å². The van der Waals surface area contributed by atoms with E-state index < -0.39 is 0 Å². The largest absolute Gasteiger partial charge is 0.340 e. The number of likely N-dealkylation sites (tertiary alicyclic amines) is 1. The Kier molecular flexibility index (Phi) is 7.12. The van der Waals surface area contributed by atoms with E-state index in [9.17, 15) is 14.4 Å². The number of nitrogens with zero attached hydrogens (tertiary/aromatic N) is 4. The van der Waals surface area contributed by atoms with Crippen molar-refractivity contribution in [2.24, 2.45) is 5.92 Å². The monoisotopic (exact) mass is 481 g/mol. The third-order valence-corrected chi connectivity index (χ3v) is 8.63. The van der Waals surface area contributed by atoms with Crippen LogP contribution in [0.1, 0.15) is 56.2 Å². The lowest BCUT2D eigenvalue weighted by Gasteiger charge is -2.47. The Hall–Kier alpha value is -2.45. The van der Waals surface area contributed by atoms with Crippen molar-refractivity contribution in [2.45, 2.75) is 64.1 Å². The molecule has 4 fully saturated rings. The van der Waals surface area contributed by atoms with Gasteiger partial charge in [0.15, 0.2) is 0 Å². The summed E-state index contributed by atoms with van der Waals surface area (Å²) in [5, 5.41) is 3.56. The molecule has 8 heteroatoms. The van der Waals surface area contributed by atoms with Gasteiger partial charge in [-0.25, -0.2) is 0 Å². The number of nitrogens with one attached hydrogen (secondary N) is 1. The van der Waals surface area contributed by atoms with Gasteiger partial charge in [0.25, 0.3) is 0 Å². The molecule has 5 rings (SSSR count). The normalized spacial score (nSPS) is 29.9. The first-order valence-corrected chi connectivity index (χ1v) is 13.3. The predicted octanol–water partition coefficient (Wildman–Crippen LogP) is 1.75. The summed E-state index contributed by atoms with van der Waals surface area (Å²) >= 11 is 0. The van der Waals surface area contributed by atoms with Gasteiger partial charge in [0, 0.05) is 51.7 Å². The highest BCUT2D eigenvalue weighted by atomic mass is 16.2. The molecule has 1 aromatic rings. The average molecular weight is 482 g/mol. The molecule has 4 aliphatic rings. The molecule has 1 saturated carbocycles. The Morgan fingerprint density at radius 3 is 2.46 bits per heavy atom. The molecule has 1 aliphatic carbocycles. The summed E-state index contributed by atoms with van der Waals surface area (Å²) in [4.78, 5) is 46.6. The van der Waals surface area contributed by atoms with Gasteiger partial charge in [0.05, 0.1) is 18.6 Å². The highest BCUT2D eigenvalue weighted by Crippen LogP contribution is 2.34. The molecular formula is C27H39N5O3. The molecule has 4 atom stereocenters. The first kappa shape index (κ1) is 24.3. The van der Waals surface area contributed by atoms with Crippen molar-refractivity contribution < 1.29 is 14.4 Å². The zero-order chi connectivity index (χ0) is 24.5. The quantitative estimate of drug-likeness (QED) is 0.709. The lowest BCUT2D eigenvalue weighted by Crippen LogP contribution is -2.62.